The van der Waals surface area contributed by atoms with Crippen molar-refractivity contribution in [2.75, 3.05) is 23.7 Å². The number of benzene rings is 2. The van der Waals surface area contributed by atoms with Gasteiger partial charge in [-0.25, -0.2) is 9.48 Å². The van der Waals surface area contributed by atoms with Crippen molar-refractivity contribution in [3.05, 3.63) is 71.4 Å². The average Bonchev–Trinajstić information content (AvgIpc) is 3.24. The lowest BCUT2D eigenvalue weighted by Gasteiger charge is -2.22. The van der Waals surface area contributed by atoms with Crippen LogP contribution in [0.4, 0.5) is 16.3 Å². The van der Waals surface area contributed by atoms with Crippen LogP contribution in [0.15, 0.2) is 54.6 Å². The number of nitrogens with zero attached hydrogens (tertiary/aromatic N) is 3. The number of aromatic nitrogens is 2. The molecule has 0 atom stereocenters. The minimum Gasteiger partial charge on any atom is -0.315 e. The molecule has 0 aliphatic carbocycles. The zero-order valence-electron chi connectivity index (χ0n) is 21.7. The number of amides is 3. The summed E-state index contributed by atoms with van der Waals surface area (Å²) in [5, 5.41) is 10.6. The van der Waals surface area contributed by atoms with Gasteiger partial charge in [0.1, 0.15) is 12.4 Å². The Morgan fingerprint density at radius 3 is 2.20 bits per heavy atom. The summed E-state index contributed by atoms with van der Waals surface area (Å²) in [4.78, 5) is 27.5. The van der Waals surface area contributed by atoms with Crippen molar-refractivity contribution in [1.82, 2.24) is 14.7 Å². The van der Waals surface area contributed by atoms with E-state index in [2.05, 4.69) is 38.3 Å². The van der Waals surface area contributed by atoms with E-state index in [1.165, 1.54) is 10.5 Å². The molecule has 1 heterocycles. The number of anilines is 2. The number of hydrogen-bond acceptors (Lipinski definition) is 3. The molecule has 3 aromatic rings. The quantitative estimate of drug-likeness (QED) is 0.424. The Morgan fingerprint density at radius 1 is 0.971 bits per heavy atom. The molecule has 0 spiro atoms. The highest BCUT2D eigenvalue weighted by Gasteiger charge is 2.23. The molecular formula is C28H37N5O2. The van der Waals surface area contributed by atoms with Crippen molar-refractivity contribution < 1.29 is 9.59 Å². The largest absolute Gasteiger partial charge is 0.322 e. The third-order valence-electron chi connectivity index (χ3n) is 5.75. The molecule has 0 unspecified atom stereocenters. The first kappa shape index (κ1) is 26.0. The van der Waals surface area contributed by atoms with Crippen molar-refractivity contribution in [3.63, 3.8) is 0 Å². The predicted molar refractivity (Wildman–Crippen MR) is 142 cm³/mol. The standard InChI is InChI=1S/C28H37N5O2/c1-7-17-32(27(35)29-22-13-11-21(8-2)12-14-22)19-26(34)30-25-18-24(28(4,5)6)31-33(25)23-15-9-20(3)10-16-23/h9-16,18H,7-8,17,19H2,1-6H3,(H,29,35)(H,30,34). The number of nitrogens with one attached hydrogen (secondary N) is 2. The van der Waals surface area contributed by atoms with E-state index in [0.29, 0.717) is 18.1 Å². The van der Waals surface area contributed by atoms with Crippen molar-refractivity contribution in [2.45, 2.75) is 59.8 Å². The lowest BCUT2D eigenvalue weighted by atomic mass is 9.92. The number of carbonyl (C=O) groups is 2. The zero-order chi connectivity index (χ0) is 25.6. The van der Waals surface area contributed by atoms with Crippen LogP contribution in [0.1, 0.15) is 57.9 Å². The number of aryl methyl sites for hydroxylation is 2. The number of urea groups is 1. The van der Waals surface area contributed by atoms with Gasteiger partial charge in [0.2, 0.25) is 5.91 Å². The fraction of sp³-hybridized carbons (Fsp3) is 0.393. The molecule has 0 aliphatic rings. The van der Waals surface area contributed by atoms with Crippen molar-refractivity contribution in [3.8, 4) is 5.69 Å². The Kier molecular flexibility index (Phi) is 8.33. The molecule has 7 nitrogen and oxygen atoms in total. The van der Waals surface area contributed by atoms with Gasteiger partial charge in [-0.2, -0.15) is 5.10 Å². The average molecular weight is 476 g/mol. The van der Waals surface area contributed by atoms with E-state index in [4.69, 9.17) is 5.10 Å². The second kappa shape index (κ2) is 11.2. The molecule has 0 aliphatic heterocycles. The molecule has 0 saturated heterocycles. The molecule has 7 heteroatoms. The highest BCUT2D eigenvalue weighted by atomic mass is 16.2. The molecule has 3 rings (SSSR count). The van der Waals surface area contributed by atoms with Crippen LogP contribution < -0.4 is 10.6 Å². The first-order chi connectivity index (χ1) is 16.6. The fourth-order valence-electron chi connectivity index (χ4n) is 3.62. The zero-order valence-corrected chi connectivity index (χ0v) is 21.7. The van der Waals surface area contributed by atoms with Gasteiger partial charge in [-0.15, -0.1) is 0 Å². The summed E-state index contributed by atoms with van der Waals surface area (Å²) >= 11 is 0. The van der Waals surface area contributed by atoms with Gasteiger partial charge in [-0.1, -0.05) is 64.4 Å². The van der Waals surface area contributed by atoms with Crippen molar-refractivity contribution in [2.24, 2.45) is 0 Å². The first-order valence-corrected chi connectivity index (χ1v) is 12.2. The maximum atomic E-state index is 13.1. The highest BCUT2D eigenvalue weighted by Crippen LogP contribution is 2.26. The van der Waals surface area contributed by atoms with Crippen LogP contribution in [0, 0.1) is 6.92 Å². The molecule has 3 amide bonds. The Hall–Kier alpha value is -3.61. The molecule has 1 aromatic heterocycles. The van der Waals surface area contributed by atoms with Crippen LogP contribution in [-0.4, -0.2) is 39.7 Å². The van der Waals surface area contributed by atoms with Gasteiger partial charge in [-0.3, -0.25) is 4.79 Å². The van der Waals surface area contributed by atoms with Gasteiger partial charge in [0.25, 0.3) is 0 Å². The van der Waals surface area contributed by atoms with Crippen LogP contribution in [0.5, 0.6) is 0 Å². The lowest BCUT2D eigenvalue weighted by Crippen LogP contribution is -2.41. The number of rotatable bonds is 8. The topological polar surface area (TPSA) is 79.3 Å². The van der Waals surface area contributed by atoms with E-state index in [1.807, 2.05) is 68.4 Å². The lowest BCUT2D eigenvalue weighted by molar-refractivity contribution is -0.116. The minimum absolute atomic E-state index is 0.0589. The van der Waals surface area contributed by atoms with Gasteiger partial charge in [0, 0.05) is 23.7 Å². The second-order valence-electron chi connectivity index (χ2n) is 9.86. The van der Waals surface area contributed by atoms with Gasteiger partial charge < -0.3 is 15.5 Å². The highest BCUT2D eigenvalue weighted by molar-refractivity contribution is 5.96. The normalized spacial score (nSPS) is 11.3. The van der Waals surface area contributed by atoms with E-state index in [0.717, 1.165) is 29.8 Å². The maximum Gasteiger partial charge on any atom is 0.322 e. The van der Waals surface area contributed by atoms with Gasteiger partial charge in [-0.05, 0) is 49.6 Å². The Labute approximate surface area is 208 Å². The monoisotopic (exact) mass is 475 g/mol. The molecule has 186 valence electrons. The van der Waals surface area contributed by atoms with Gasteiger partial charge in [0.05, 0.1) is 11.4 Å². The SMILES string of the molecule is CCCN(CC(=O)Nc1cc(C(C)(C)C)nn1-c1ccc(C)cc1)C(=O)Nc1ccc(CC)cc1. The van der Waals surface area contributed by atoms with E-state index in [-0.39, 0.29) is 23.9 Å². The summed E-state index contributed by atoms with van der Waals surface area (Å²) in [5.41, 5.74) is 4.60. The Balaban J connectivity index is 1.77. The van der Waals surface area contributed by atoms with Crippen molar-refractivity contribution in [1.29, 1.82) is 0 Å². The predicted octanol–water partition coefficient (Wildman–Crippen LogP) is 5.92. The number of hydrogen-bond donors (Lipinski definition) is 2. The molecule has 0 saturated carbocycles. The molecule has 35 heavy (non-hydrogen) atoms. The fourth-order valence-corrected chi connectivity index (χ4v) is 3.62. The molecule has 0 radical (unpaired) electrons. The third-order valence-corrected chi connectivity index (χ3v) is 5.75. The smallest absolute Gasteiger partial charge is 0.315 e. The van der Waals surface area contributed by atoms with Crippen LogP contribution in [-0.2, 0) is 16.6 Å². The van der Waals surface area contributed by atoms with E-state index >= 15 is 0 Å². The Morgan fingerprint density at radius 2 is 1.63 bits per heavy atom. The van der Waals surface area contributed by atoms with Crippen molar-refractivity contribution >= 4 is 23.4 Å². The number of carbonyl (C=O) groups excluding carboxylic acids is 2. The van der Waals surface area contributed by atoms with Crippen LogP contribution >= 0.6 is 0 Å². The third kappa shape index (κ3) is 6.94. The molecular weight excluding hydrogens is 438 g/mol. The summed E-state index contributed by atoms with van der Waals surface area (Å²) in [7, 11) is 0. The first-order valence-electron chi connectivity index (χ1n) is 12.2. The van der Waals surface area contributed by atoms with E-state index in [1.54, 1.807) is 4.68 Å². The summed E-state index contributed by atoms with van der Waals surface area (Å²) in [6.07, 6.45) is 1.68. The second-order valence-corrected chi connectivity index (χ2v) is 9.86. The van der Waals surface area contributed by atoms with E-state index < -0.39 is 0 Å². The molecule has 0 bridgehead atoms. The maximum absolute atomic E-state index is 13.1. The van der Waals surface area contributed by atoms with Crippen LogP contribution in [0.3, 0.4) is 0 Å². The van der Waals surface area contributed by atoms with Gasteiger partial charge >= 0.3 is 6.03 Å². The summed E-state index contributed by atoms with van der Waals surface area (Å²) < 4.78 is 1.75. The van der Waals surface area contributed by atoms with Crippen LogP contribution in [0.2, 0.25) is 0 Å². The minimum atomic E-state index is -0.298. The van der Waals surface area contributed by atoms with E-state index in [9.17, 15) is 9.59 Å². The summed E-state index contributed by atoms with van der Waals surface area (Å²) in [5.74, 6) is 0.305. The Bertz CT molecular complexity index is 1140. The van der Waals surface area contributed by atoms with Crippen LogP contribution in [0.25, 0.3) is 5.69 Å². The molecule has 2 aromatic carbocycles. The molecule has 2 N–H and O–H groups in total. The summed E-state index contributed by atoms with van der Waals surface area (Å²) in [6, 6.07) is 17.3. The summed E-state index contributed by atoms with van der Waals surface area (Å²) in [6.45, 7) is 12.8. The molecule has 0 fully saturated rings. The van der Waals surface area contributed by atoms with Gasteiger partial charge in [0.15, 0.2) is 0 Å².